The van der Waals surface area contributed by atoms with Gasteiger partial charge in [0.1, 0.15) is 0 Å². The van der Waals surface area contributed by atoms with Crippen LogP contribution in [0.15, 0.2) is 46.7 Å². The zero-order valence-electron chi connectivity index (χ0n) is 15.6. The summed E-state index contributed by atoms with van der Waals surface area (Å²) in [6.45, 7) is 5.22. The number of sulfonamides is 1. The van der Waals surface area contributed by atoms with Crippen LogP contribution in [0.3, 0.4) is 0 Å². The molecule has 2 rings (SSSR count). The zero-order chi connectivity index (χ0) is 19.4. The van der Waals surface area contributed by atoms with Gasteiger partial charge in [-0.15, -0.1) is 23.7 Å². The van der Waals surface area contributed by atoms with Gasteiger partial charge in [0.15, 0.2) is 0 Å². The minimum Gasteiger partial charge on any atom is -0.341 e. The Morgan fingerprint density at radius 2 is 1.85 bits per heavy atom. The molecule has 1 amide bonds. The minimum absolute atomic E-state index is 0. The van der Waals surface area contributed by atoms with Gasteiger partial charge in [-0.25, -0.2) is 13.1 Å². The van der Waals surface area contributed by atoms with E-state index in [2.05, 4.69) is 4.72 Å². The van der Waals surface area contributed by atoms with Gasteiger partial charge in [-0.2, -0.15) is 0 Å². The first-order valence-electron chi connectivity index (χ1n) is 8.22. The van der Waals surface area contributed by atoms with Gasteiger partial charge in [0.05, 0.1) is 4.90 Å². The highest BCUT2D eigenvalue weighted by atomic mass is 35.5. The summed E-state index contributed by atoms with van der Waals surface area (Å²) in [5.41, 5.74) is 5.97. The Balaban J connectivity index is 0.00000364. The van der Waals surface area contributed by atoms with Crippen molar-refractivity contribution in [1.29, 1.82) is 0 Å². The molecule has 1 aromatic heterocycles. The molecule has 1 heterocycles. The van der Waals surface area contributed by atoms with Crippen molar-refractivity contribution >= 4 is 39.7 Å². The Morgan fingerprint density at radius 3 is 2.37 bits per heavy atom. The van der Waals surface area contributed by atoms with Crippen LogP contribution in [0.1, 0.15) is 29.1 Å². The molecule has 0 bridgehead atoms. The standard InChI is InChI=1S/C18H25N3O3S2.ClH/c1-18(2,12-19)13-21(3)17(22)14-6-8-16(9-7-14)26(23,24)20-11-15-5-4-10-25-15;/h4-10,20H,11-13,19H2,1-3H3;1H. The van der Waals surface area contributed by atoms with Crippen LogP contribution in [-0.2, 0) is 16.6 Å². The van der Waals surface area contributed by atoms with Crippen LogP contribution >= 0.6 is 23.7 Å². The number of nitrogens with zero attached hydrogens (tertiary/aromatic N) is 1. The Labute approximate surface area is 171 Å². The minimum atomic E-state index is -3.62. The fourth-order valence-corrected chi connectivity index (χ4v) is 4.18. The van der Waals surface area contributed by atoms with Crippen LogP contribution in [0, 0.1) is 5.41 Å². The molecular weight excluding hydrogens is 406 g/mol. The van der Waals surface area contributed by atoms with Crippen LogP contribution in [0.2, 0.25) is 0 Å². The molecule has 0 saturated heterocycles. The van der Waals surface area contributed by atoms with Crippen molar-refractivity contribution < 1.29 is 13.2 Å². The third-order valence-electron chi connectivity index (χ3n) is 3.99. The normalized spacial score (nSPS) is 11.7. The van der Waals surface area contributed by atoms with Gasteiger partial charge in [-0.05, 0) is 47.7 Å². The second-order valence-electron chi connectivity index (χ2n) is 6.96. The summed E-state index contributed by atoms with van der Waals surface area (Å²) < 4.78 is 27.3. The summed E-state index contributed by atoms with van der Waals surface area (Å²) in [5.74, 6) is -0.165. The van der Waals surface area contributed by atoms with E-state index in [1.54, 1.807) is 11.9 Å². The molecule has 0 unspecified atom stereocenters. The Morgan fingerprint density at radius 1 is 1.22 bits per heavy atom. The predicted molar refractivity (Wildman–Crippen MR) is 112 cm³/mol. The van der Waals surface area contributed by atoms with Crippen molar-refractivity contribution in [3.05, 3.63) is 52.2 Å². The van der Waals surface area contributed by atoms with E-state index in [9.17, 15) is 13.2 Å². The van der Waals surface area contributed by atoms with Crippen LogP contribution in [-0.4, -0.2) is 39.4 Å². The molecule has 3 N–H and O–H groups in total. The molecule has 0 aliphatic rings. The molecule has 27 heavy (non-hydrogen) atoms. The second kappa shape index (κ2) is 9.66. The fourth-order valence-electron chi connectivity index (χ4n) is 2.44. The monoisotopic (exact) mass is 431 g/mol. The Hall–Kier alpha value is -1.45. The summed E-state index contributed by atoms with van der Waals surface area (Å²) in [4.78, 5) is 15.2. The van der Waals surface area contributed by atoms with E-state index in [0.29, 0.717) is 18.7 Å². The van der Waals surface area contributed by atoms with Gasteiger partial charge in [0.2, 0.25) is 10.0 Å². The summed E-state index contributed by atoms with van der Waals surface area (Å²) >= 11 is 1.49. The van der Waals surface area contributed by atoms with Crippen molar-refractivity contribution in [2.75, 3.05) is 20.1 Å². The number of hydrogen-bond donors (Lipinski definition) is 2. The maximum atomic E-state index is 12.5. The van der Waals surface area contributed by atoms with Gasteiger partial charge in [0, 0.05) is 30.6 Å². The first-order valence-corrected chi connectivity index (χ1v) is 10.6. The van der Waals surface area contributed by atoms with Crippen molar-refractivity contribution in [2.24, 2.45) is 11.1 Å². The lowest BCUT2D eigenvalue weighted by Gasteiger charge is -2.29. The lowest BCUT2D eigenvalue weighted by molar-refractivity contribution is 0.0740. The highest BCUT2D eigenvalue weighted by molar-refractivity contribution is 7.89. The van der Waals surface area contributed by atoms with E-state index in [0.717, 1.165) is 4.88 Å². The molecule has 0 aliphatic heterocycles. The second-order valence-corrected chi connectivity index (χ2v) is 9.76. The highest BCUT2D eigenvalue weighted by Crippen LogP contribution is 2.17. The smallest absolute Gasteiger partial charge is 0.253 e. The van der Waals surface area contributed by atoms with Gasteiger partial charge < -0.3 is 10.6 Å². The summed E-state index contributed by atoms with van der Waals surface area (Å²) in [5, 5.41) is 1.90. The van der Waals surface area contributed by atoms with E-state index in [4.69, 9.17) is 5.73 Å². The molecule has 1 aromatic carbocycles. The number of amides is 1. The first-order chi connectivity index (χ1) is 12.1. The van der Waals surface area contributed by atoms with Crippen molar-refractivity contribution in [3.63, 3.8) is 0 Å². The quantitative estimate of drug-likeness (QED) is 0.672. The number of nitrogens with two attached hydrogens (primary N) is 1. The van der Waals surface area contributed by atoms with Gasteiger partial charge >= 0.3 is 0 Å². The average molecular weight is 432 g/mol. The molecule has 0 fully saturated rings. The van der Waals surface area contributed by atoms with Crippen molar-refractivity contribution in [2.45, 2.75) is 25.3 Å². The Kier molecular flexibility index (Phi) is 8.44. The molecule has 2 aromatic rings. The third-order valence-corrected chi connectivity index (χ3v) is 6.29. The van der Waals surface area contributed by atoms with Crippen molar-refractivity contribution in [1.82, 2.24) is 9.62 Å². The molecule has 0 radical (unpaired) electrons. The summed E-state index contributed by atoms with van der Waals surface area (Å²) in [6.07, 6.45) is 0. The largest absolute Gasteiger partial charge is 0.341 e. The lowest BCUT2D eigenvalue weighted by atomic mass is 9.93. The number of thiophene rings is 1. The summed E-state index contributed by atoms with van der Waals surface area (Å²) in [6, 6.07) is 9.71. The van der Waals surface area contributed by atoms with Gasteiger partial charge in [-0.1, -0.05) is 19.9 Å². The zero-order valence-corrected chi connectivity index (χ0v) is 18.1. The number of halogens is 1. The molecule has 6 nitrogen and oxygen atoms in total. The van der Waals surface area contributed by atoms with Crippen LogP contribution in [0.25, 0.3) is 0 Å². The maximum absolute atomic E-state index is 12.5. The van der Waals surface area contributed by atoms with E-state index in [-0.39, 0.29) is 35.2 Å². The molecule has 0 saturated carbocycles. The molecule has 0 spiro atoms. The molecule has 0 atom stereocenters. The van der Waals surface area contributed by atoms with E-state index >= 15 is 0 Å². The van der Waals surface area contributed by atoms with E-state index in [1.165, 1.54) is 35.6 Å². The number of benzene rings is 1. The van der Waals surface area contributed by atoms with Gasteiger partial charge in [-0.3, -0.25) is 4.79 Å². The van der Waals surface area contributed by atoms with Crippen LogP contribution in [0.5, 0.6) is 0 Å². The van der Waals surface area contributed by atoms with Crippen molar-refractivity contribution in [3.8, 4) is 0 Å². The number of nitrogens with one attached hydrogen (secondary N) is 1. The predicted octanol–water partition coefficient (Wildman–Crippen LogP) is 2.71. The van der Waals surface area contributed by atoms with E-state index in [1.807, 2.05) is 31.4 Å². The van der Waals surface area contributed by atoms with Gasteiger partial charge in [0.25, 0.3) is 5.91 Å². The number of carbonyl (C=O) groups excluding carboxylic acids is 1. The lowest BCUT2D eigenvalue weighted by Crippen LogP contribution is -2.39. The average Bonchev–Trinajstić information content (AvgIpc) is 3.13. The molecular formula is C18H26ClN3O3S2. The first kappa shape index (κ1) is 23.6. The summed E-state index contributed by atoms with van der Waals surface area (Å²) in [7, 11) is -1.90. The highest BCUT2D eigenvalue weighted by Gasteiger charge is 2.22. The Bertz CT molecular complexity index is 835. The SMILES string of the molecule is CN(CC(C)(C)CN)C(=O)c1ccc(S(=O)(=O)NCc2cccs2)cc1.Cl. The topological polar surface area (TPSA) is 92.5 Å². The molecule has 150 valence electrons. The van der Waals surface area contributed by atoms with E-state index < -0.39 is 10.0 Å². The number of rotatable bonds is 8. The van der Waals surface area contributed by atoms with Crippen LogP contribution < -0.4 is 10.5 Å². The van der Waals surface area contributed by atoms with Crippen LogP contribution in [0.4, 0.5) is 0 Å². The number of carbonyl (C=O) groups is 1. The fraction of sp³-hybridized carbons (Fsp3) is 0.389. The number of hydrogen-bond acceptors (Lipinski definition) is 5. The molecule has 0 aliphatic carbocycles. The third kappa shape index (κ3) is 6.58. The molecule has 9 heteroatoms. The maximum Gasteiger partial charge on any atom is 0.253 e.